The highest BCUT2D eigenvalue weighted by Gasteiger charge is 2.06. The van der Waals surface area contributed by atoms with Crippen LogP contribution in [0.2, 0.25) is 0 Å². The van der Waals surface area contributed by atoms with Crippen LogP contribution in [0.1, 0.15) is 26.2 Å². The Morgan fingerprint density at radius 1 is 1.67 bits per heavy atom. The summed E-state index contributed by atoms with van der Waals surface area (Å²) < 4.78 is 0. The maximum Gasteiger partial charge on any atom is 0.303 e. The lowest BCUT2D eigenvalue weighted by molar-refractivity contribution is -0.137. The first kappa shape index (κ1) is 11.2. The van der Waals surface area contributed by atoms with Crippen LogP contribution in [-0.4, -0.2) is 17.6 Å². The highest BCUT2D eigenvalue weighted by Crippen LogP contribution is 2.04. The summed E-state index contributed by atoms with van der Waals surface area (Å²) >= 11 is 0. The second-order valence-corrected chi connectivity index (χ2v) is 2.81. The molecule has 0 aromatic rings. The lowest BCUT2D eigenvalue weighted by atomic mass is 10.1. The van der Waals surface area contributed by atoms with E-state index in [0.717, 1.165) is 12.8 Å². The zero-order chi connectivity index (χ0) is 9.40. The van der Waals surface area contributed by atoms with Crippen LogP contribution in [-0.2, 0) is 4.79 Å². The van der Waals surface area contributed by atoms with Gasteiger partial charge in [-0.1, -0.05) is 25.5 Å². The number of allylic oxidation sites excluding steroid dienone is 1. The van der Waals surface area contributed by atoms with E-state index in [1.165, 1.54) is 0 Å². The van der Waals surface area contributed by atoms with Gasteiger partial charge in [0.15, 0.2) is 0 Å². The first-order chi connectivity index (χ1) is 5.70. The van der Waals surface area contributed by atoms with Gasteiger partial charge in [-0.15, -0.1) is 0 Å². The zero-order valence-electron chi connectivity index (χ0n) is 7.49. The van der Waals surface area contributed by atoms with Gasteiger partial charge in [-0.3, -0.25) is 4.79 Å². The fourth-order valence-corrected chi connectivity index (χ4v) is 0.910. The topological polar surface area (TPSA) is 63.3 Å². The fourth-order valence-electron chi connectivity index (χ4n) is 0.910. The molecule has 0 aliphatic heterocycles. The Hall–Kier alpha value is -0.830. The Kier molecular flexibility index (Phi) is 6.38. The molecule has 0 aliphatic carbocycles. The predicted octanol–water partition coefficient (Wildman–Crippen LogP) is 1.39. The Bertz CT molecular complexity index is 155. The van der Waals surface area contributed by atoms with Gasteiger partial charge in [0.05, 0.1) is 6.42 Å². The molecule has 70 valence electrons. The van der Waals surface area contributed by atoms with Crippen LogP contribution in [0.25, 0.3) is 0 Å². The molecule has 3 nitrogen and oxygen atoms in total. The molecule has 0 saturated heterocycles. The molecule has 0 spiro atoms. The van der Waals surface area contributed by atoms with Crippen LogP contribution in [0.4, 0.5) is 0 Å². The van der Waals surface area contributed by atoms with Gasteiger partial charge in [-0.05, 0) is 18.9 Å². The van der Waals surface area contributed by atoms with E-state index in [-0.39, 0.29) is 12.3 Å². The number of carbonyl (C=O) groups is 1. The molecule has 0 fully saturated rings. The summed E-state index contributed by atoms with van der Waals surface area (Å²) in [5.41, 5.74) is 5.39. The van der Waals surface area contributed by atoms with E-state index in [0.29, 0.717) is 6.54 Å². The molecule has 3 N–H and O–H groups in total. The van der Waals surface area contributed by atoms with Gasteiger partial charge in [0.2, 0.25) is 0 Å². The van der Waals surface area contributed by atoms with Gasteiger partial charge in [0, 0.05) is 0 Å². The monoisotopic (exact) mass is 171 g/mol. The summed E-state index contributed by atoms with van der Waals surface area (Å²) in [5.74, 6) is -0.791. The van der Waals surface area contributed by atoms with Crippen molar-refractivity contribution in [3.8, 4) is 0 Å². The minimum absolute atomic E-state index is 0.00551. The first-order valence-corrected chi connectivity index (χ1v) is 4.29. The van der Waals surface area contributed by atoms with Crippen molar-refractivity contribution in [3.63, 3.8) is 0 Å². The Balaban J connectivity index is 3.73. The lowest BCUT2D eigenvalue weighted by Crippen LogP contribution is -2.15. The third kappa shape index (κ3) is 5.92. The second kappa shape index (κ2) is 6.85. The third-order valence-electron chi connectivity index (χ3n) is 1.60. The molecule has 0 aliphatic rings. The van der Waals surface area contributed by atoms with E-state index in [9.17, 15) is 4.79 Å². The summed E-state index contributed by atoms with van der Waals surface area (Å²) in [6, 6.07) is 0. The number of hydrogen-bond donors (Lipinski definition) is 2. The van der Waals surface area contributed by atoms with Crippen molar-refractivity contribution < 1.29 is 9.90 Å². The predicted molar refractivity (Wildman–Crippen MR) is 48.8 cm³/mol. The summed E-state index contributed by atoms with van der Waals surface area (Å²) in [6.07, 6.45) is 6.12. The maximum absolute atomic E-state index is 10.3. The summed E-state index contributed by atoms with van der Waals surface area (Å²) in [5, 5.41) is 8.48. The fraction of sp³-hybridized carbons (Fsp3) is 0.667. The van der Waals surface area contributed by atoms with E-state index in [1.54, 1.807) is 0 Å². The molecule has 0 rings (SSSR count). The van der Waals surface area contributed by atoms with E-state index in [2.05, 4.69) is 6.92 Å². The molecular weight excluding hydrogens is 154 g/mol. The van der Waals surface area contributed by atoms with Gasteiger partial charge >= 0.3 is 5.97 Å². The molecule has 3 heteroatoms. The number of hydrogen-bond acceptors (Lipinski definition) is 2. The Labute approximate surface area is 73.3 Å². The number of unbranched alkanes of at least 4 members (excludes halogenated alkanes) is 1. The van der Waals surface area contributed by atoms with Gasteiger partial charge < -0.3 is 10.8 Å². The lowest BCUT2D eigenvalue weighted by Gasteiger charge is -2.04. The maximum atomic E-state index is 10.3. The summed E-state index contributed by atoms with van der Waals surface area (Å²) in [4.78, 5) is 10.3. The number of carboxylic acid groups (broad SMARTS) is 1. The second-order valence-electron chi connectivity index (χ2n) is 2.81. The largest absolute Gasteiger partial charge is 0.481 e. The molecule has 12 heavy (non-hydrogen) atoms. The number of rotatable bonds is 6. The zero-order valence-corrected chi connectivity index (χ0v) is 7.49. The number of carboxylic acids is 1. The molecule has 1 unspecified atom stereocenters. The van der Waals surface area contributed by atoms with Gasteiger partial charge in [0.25, 0.3) is 0 Å². The minimum atomic E-state index is -0.786. The van der Waals surface area contributed by atoms with E-state index in [1.807, 2.05) is 12.2 Å². The van der Waals surface area contributed by atoms with Crippen molar-refractivity contribution in [1.29, 1.82) is 0 Å². The Morgan fingerprint density at radius 2 is 2.33 bits per heavy atom. The van der Waals surface area contributed by atoms with Crippen LogP contribution in [0.3, 0.4) is 0 Å². The average molecular weight is 171 g/mol. The highest BCUT2D eigenvalue weighted by atomic mass is 16.4. The standard InChI is InChI=1S/C9H17NO2/c1-2-3-4-5-8(7-10)6-9(11)12/h4-5,8H,2-3,6-7,10H2,1H3,(H,11,12)/b5-4+. The van der Waals surface area contributed by atoms with Gasteiger partial charge in [-0.2, -0.15) is 0 Å². The normalized spacial score (nSPS) is 13.5. The van der Waals surface area contributed by atoms with Crippen molar-refractivity contribution in [2.24, 2.45) is 11.7 Å². The first-order valence-electron chi connectivity index (χ1n) is 4.29. The molecule has 0 amide bonds. The van der Waals surface area contributed by atoms with Crippen molar-refractivity contribution in [1.82, 2.24) is 0 Å². The van der Waals surface area contributed by atoms with Crippen molar-refractivity contribution in [2.45, 2.75) is 26.2 Å². The third-order valence-corrected chi connectivity index (χ3v) is 1.60. The van der Waals surface area contributed by atoms with E-state index < -0.39 is 5.97 Å². The van der Waals surface area contributed by atoms with Crippen molar-refractivity contribution in [2.75, 3.05) is 6.54 Å². The molecular formula is C9H17NO2. The molecule has 1 atom stereocenters. The Morgan fingerprint density at radius 3 is 2.75 bits per heavy atom. The van der Waals surface area contributed by atoms with E-state index in [4.69, 9.17) is 10.8 Å². The molecule has 0 radical (unpaired) electrons. The molecule has 0 heterocycles. The number of nitrogens with two attached hydrogens (primary N) is 1. The van der Waals surface area contributed by atoms with Crippen LogP contribution in [0.15, 0.2) is 12.2 Å². The van der Waals surface area contributed by atoms with E-state index >= 15 is 0 Å². The highest BCUT2D eigenvalue weighted by molar-refractivity contribution is 5.67. The summed E-state index contributed by atoms with van der Waals surface area (Å²) in [6.45, 7) is 2.49. The molecule has 0 aromatic heterocycles. The quantitative estimate of drug-likeness (QED) is 0.594. The molecule has 0 bridgehead atoms. The molecule has 0 saturated carbocycles. The smallest absolute Gasteiger partial charge is 0.303 e. The van der Waals surface area contributed by atoms with Crippen molar-refractivity contribution in [3.05, 3.63) is 12.2 Å². The average Bonchev–Trinajstić information content (AvgIpc) is 2.02. The van der Waals surface area contributed by atoms with Crippen LogP contribution in [0, 0.1) is 5.92 Å². The number of aliphatic carboxylic acids is 1. The van der Waals surface area contributed by atoms with Crippen molar-refractivity contribution >= 4 is 5.97 Å². The summed E-state index contributed by atoms with van der Waals surface area (Å²) in [7, 11) is 0. The SMILES string of the molecule is CCC/C=C/C(CN)CC(=O)O. The molecule has 0 aromatic carbocycles. The van der Waals surface area contributed by atoms with Gasteiger partial charge in [0.1, 0.15) is 0 Å². The van der Waals surface area contributed by atoms with Gasteiger partial charge in [-0.25, -0.2) is 0 Å². The van der Waals surface area contributed by atoms with Crippen LogP contribution in [0.5, 0.6) is 0 Å². The minimum Gasteiger partial charge on any atom is -0.481 e. The van der Waals surface area contributed by atoms with Crippen LogP contribution >= 0.6 is 0 Å². The van der Waals surface area contributed by atoms with Crippen LogP contribution < -0.4 is 5.73 Å².